The highest BCUT2D eigenvalue weighted by Crippen LogP contribution is 2.28. The minimum absolute atomic E-state index is 0.0294. The number of nitrogens with zero attached hydrogens (tertiary/aromatic N) is 3. The maximum Gasteiger partial charge on any atom is 0.292 e. The number of anilines is 1. The third kappa shape index (κ3) is 3.39. The van der Waals surface area contributed by atoms with E-state index >= 15 is 0 Å². The van der Waals surface area contributed by atoms with Crippen LogP contribution < -0.4 is 10.5 Å². The molecule has 1 aliphatic rings. The summed E-state index contributed by atoms with van der Waals surface area (Å²) in [6.07, 6.45) is 2.35. The lowest BCUT2D eigenvalue weighted by Gasteiger charge is -2.37. The highest BCUT2D eigenvalue weighted by Gasteiger charge is 2.28. The smallest absolute Gasteiger partial charge is 0.292 e. The Morgan fingerprint density at radius 2 is 2.08 bits per heavy atom. The van der Waals surface area contributed by atoms with Crippen molar-refractivity contribution in [1.82, 2.24) is 9.78 Å². The third-order valence-electron chi connectivity index (χ3n) is 4.57. The first-order valence-corrected chi connectivity index (χ1v) is 8.31. The fourth-order valence-corrected chi connectivity index (χ4v) is 3.28. The van der Waals surface area contributed by atoms with Gasteiger partial charge in [-0.15, -0.1) is 0 Å². The Labute approximate surface area is 148 Å². The molecular weight excluding hydrogens is 352 g/mol. The molecule has 3 rings (SSSR count). The van der Waals surface area contributed by atoms with Crippen LogP contribution in [-0.2, 0) is 4.74 Å². The van der Waals surface area contributed by atoms with E-state index in [4.69, 9.17) is 16.3 Å². The van der Waals surface area contributed by atoms with Gasteiger partial charge < -0.3 is 9.64 Å². The van der Waals surface area contributed by atoms with E-state index in [1.165, 1.54) is 6.20 Å². The van der Waals surface area contributed by atoms with Gasteiger partial charge in [0.1, 0.15) is 16.5 Å². The van der Waals surface area contributed by atoms with E-state index in [1.807, 2.05) is 4.90 Å². The van der Waals surface area contributed by atoms with Gasteiger partial charge in [-0.05, 0) is 24.5 Å². The van der Waals surface area contributed by atoms with Crippen molar-refractivity contribution in [3.8, 4) is 5.69 Å². The Balaban J connectivity index is 1.97. The van der Waals surface area contributed by atoms with Gasteiger partial charge in [0.2, 0.25) is 0 Å². The van der Waals surface area contributed by atoms with E-state index in [9.17, 15) is 13.6 Å². The molecule has 1 aromatic carbocycles. The van der Waals surface area contributed by atoms with Crippen LogP contribution in [0.2, 0.25) is 5.02 Å². The summed E-state index contributed by atoms with van der Waals surface area (Å²) in [7, 11) is 1.65. The molecule has 0 N–H and O–H groups in total. The first-order valence-electron chi connectivity index (χ1n) is 7.93. The third-order valence-corrected chi connectivity index (χ3v) is 4.93. The number of hydrogen-bond acceptors (Lipinski definition) is 4. The van der Waals surface area contributed by atoms with Crippen LogP contribution in [0, 0.1) is 17.6 Å². The van der Waals surface area contributed by atoms with Gasteiger partial charge in [0.25, 0.3) is 5.56 Å². The molecule has 5 nitrogen and oxygen atoms in total. The van der Waals surface area contributed by atoms with Crippen molar-refractivity contribution >= 4 is 17.3 Å². The normalized spacial score (nSPS) is 20.8. The molecule has 1 fully saturated rings. The number of methoxy groups -OCH3 is 1. The number of benzene rings is 1. The molecule has 0 aliphatic carbocycles. The molecule has 0 radical (unpaired) electrons. The summed E-state index contributed by atoms with van der Waals surface area (Å²) in [6, 6.07) is 2.91. The number of rotatable bonds is 3. The number of ether oxygens (including phenoxy) is 1. The molecule has 0 spiro atoms. The van der Waals surface area contributed by atoms with Crippen molar-refractivity contribution in [1.29, 1.82) is 0 Å². The zero-order chi connectivity index (χ0) is 18.1. The summed E-state index contributed by atoms with van der Waals surface area (Å²) in [5, 5.41) is 3.97. The molecule has 8 heteroatoms. The SMILES string of the molecule is COC1CN(c2cnn(-c3ccc(F)cc3F)c(=O)c2Cl)CCC1C. The van der Waals surface area contributed by atoms with Gasteiger partial charge in [-0.1, -0.05) is 18.5 Å². The average molecular weight is 370 g/mol. The van der Waals surface area contributed by atoms with Gasteiger partial charge in [-0.25, -0.2) is 8.78 Å². The van der Waals surface area contributed by atoms with E-state index < -0.39 is 17.2 Å². The fraction of sp³-hybridized carbons (Fsp3) is 0.412. The molecule has 1 aliphatic heterocycles. The zero-order valence-electron chi connectivity index (χ0n) is 13.9. The van der Waals surface area contributed by atoms with Crippen LogP contribution in [0.4, 0.5) is 14.5 Å². The number of piperidine rings is 1. The van der Waals surface area contributed by atoms with Crippen LogP contribution >= 0.6 is 11.6 Å². The number of hydrogen-bond donors (Lipinski definition) is 0. The Hall–Kier alpha value is -1.99. The van der Waals surface area contributed by atoms with E-state index in [0.717, 1.165) is 29.8 Å². The van der Waals surface area contributed by atoms with Crippen LogP contribution in [-0.4, -0.2) is 36.1 Å². The topological polar surface area (TPSA) is 47.4 Å². The van der Waals surface area contributed by atoms with Crippen molar-refractivity contribution in [2.45, 2.75) is 19.4 Å². The number of halogens is 3. The molecule has 134 valence electrons. The quantitative estimate of drug-likeness (QED) is 0.834. The molecule has 0 amide bonds. The van der Waals surface area contributed by atoms with Gasteiger partial charge in [0.05, 0.1) is 18.0 Å². The first-order chi connectivity index (χ1) is 11.9. The summed E-state index contributed by atoms with van der Waals surface area (Å²) in [4.78, 5) is 14.5. The van der Waals surface area contributed by atoms with Gasteiger partial charge in [-0.3, -0.25) is 4.79 Å². The zero-order valence-corrected chi connectivity index (χ0v) is 14.6. The highest BCUT2D eigenvalue weighted by atomic mass is 35.5. The van der Waals surface area contributed by atoms with Crippen molar-refractivity contribution in [2.75, 3.05) is 25.1 Å². The monoisotopic (exact) mass is 369 g/mol. The Bertz CT molecular complexity index is 843. The van der Waals surface area contributed by atoms with E-state index in [2.05, 4.69) is 12.0 Å². The lowest BCUT2D eigenvalue weighted by atomic mass is 9.95. The Morgan fingerprint density at radius 3 is 2.76 bits per heavy atom. The van der Waals surface area contributed by atoms with Crippen LogP contribution in [0.1, 0.15) is 13.3 Å². The molecule has 2 atom stereocenters. The average Bonchev–Trinajstić information content (AvgIpc) is 2.59. The molecule has 1 saturated heterocycles. The van der Waals surface area contributed by atoms with Crippen LogP contribution in [0.3, 0.4) is 0 Å². The van der Waals surface area contributed by atoms with Gasteiger partial charge in [-0.2, -0.15) is 9.78 Å². The van der Waals surface area contributed by atoms with E-state index in [1.54, 1.807) is 7.11 Å². The molecule has 2 unspecified atom stereocenters. The first kappa shape index (κ1) is 17.8. The van der Waals surface area contributed by atoms with Gasteiger partial charge in [0.15, 0.2) is 5.82 Å². The van der Waals surface area contributed by atoms with Crippen LogP contribution in [0.5, 0.6) is 0 Å². The minimum Gasteiger partial charge on any atom is -0.379 e. The summed E-state index contributed by atoms with van der Waals surface area (Å²) >= 11 is 6.24. The predicted molar refractivity (Wildman–Crippen MR) is 91.6 cm³/mol. The predicted octanol–water partition coefficient (Wildman–Crippen LogP) is 3.03. The molecular formula is C17H18ClF2N3O2. The van der Waals surface area contributed by atoms with Crippen molar-refractivity contribution < 1.29 is 13.5 Å². The lowest BCUT2D eigenvalue weighted by molar-refractivity contribution is 0.0498. The second-order valence-electron chi connectivity index (χ2n) is 6.14. The van der Waals surface area contributed by atoms with Crippen molar-refractivity contribution in [3.05, 3.63) is 51.4 Å². The van der Waals surface area contributed by atoms with E-state index in [-0.39, 0.29) is 16.8 Å². The van der Waals surface area contributed by atoms with Crippen LogP contribution in [0.25, 0.3) is 5.69 Å². The Morgan fingerprint density at radius 1 is 1.32 bits per heavy atom. The van der Waals surface area contributed by atoms with Crippen molar-refractivity contribution in [3.63, 3.8) is 0 Å². The maximum absolute atomic E-state index is 13.9. The molecule has 0 saturated carbocycles. The van der Waals surface area contributed by atoms with Gasteiger partial charge >= 0.3 is 0 Å². The van der Waals surface area contributed by atoms with E-state index in [0.29, 0.717) is 24.2 Å². The molecule has 25 heavy (non-hydrogen) atoms. The fourth-order valence-electron chi connectivity index (χ4n) is 3.03. The van der Waals surface area contributed by atoms with Crippen LogP contribution in [0.15, 0.2) is 29.2 Å². The second kappa shape index (κ2) is 7.09. The molecule has 1 aromatic heterocycles. The summed E-state index contributed by atoms with van der Waals surface area (Å²) in [5.41, 5.74) is -0.321. The maximum atomic E-state index is 13.9. The molecule has 2 heterocycles. The van der Waals surface area contributed by atoms with Gasteiger partial charge in [0, 0.05) is 26.3 Å². The summed E-state index contributed by atoms with van der Waals surface area (Å²) in [5.74, 6) is -1.21. The number of aromatic nitrogens is 2. The lowest BCUT2D eigenvalue weighted by Crippen LogP contribution is -2.44. The molecule has 2 aromatic rings. The largest absolute Gasteiger partial charge is 0.379 e. The summed E-state index contributed by atoms with van der Waals surface area (Å²) < 4.78 is 33.3. The standard InChI is InChI=1S/C17H18ClF2N3O2/c1-10-5-6-22(9-15(10)25-2)14-8-21-23(17(24)16(14)18)13-4-3-11(19)7-12(13)20/h3-4,7-8,10,15H,5-6,9H2,1-2H3. The summed E-state index contributed by atoms with van der Waals surface area (Å²) in [6.45, 7) is 3.42. The minimum atomic E-state index is -0.885. The molecule has 0 bridgehead atoms. The Kier molecular flexibility index (Phi) is 5.06. The van der Waals surface area contributed by atoms with Crippen molar-refractivity contribution in [2.24, 2.45) is 5.92 Å². The highest BCUT2D eigenvalue weighted by molar-refractivity contribution is 6.33. The second-order valence-corrected chi connectivity index (χ2v) is 6.52.